The van der Waals surface area contributed by atoms with Crippen molar-refractivity contribution in [1.29, 1.82) is 0 Å². The Morgan fingerprint density at radius 2 is 2.03 bits per heavy atom. The van der Waals surface area contributed by atoms with Gasteiger partial charge in [0, 0.05) is 22.0 Å². The first-order valence-electron chi connectivity index (χ1n) is 10.2. The number of nitrogens with two attached hydrogens (primary N) is 1. The summed E-state index contributed by atoms with van der Waals surface area (Å²) >= 11 is 2.73. The number of hydrogen-bond acceptors (Lipinski definition) is 7. The van der Waals surface area contributed by atoms with Crippen molar-refractivity contribution in [3.63, 3.8) is 0 Å². The van der Waals surface area contributed by atoms with Gasteiger partial charge >= 0.3 is 0 Å². The maximum Gasteiger partial charge on any atom is 0.269 e. The van der Waals surface area contributed by atoms with E-state index in [1.807, 2.05) is 29.6 Å². The number of methoxy groups -OCH3 is 1. The Morgan fingerprint density at radius 3 is 2.90 bits per heavy atom. The molecule has 1 aliphatic carbocycles. The van der Waals surface area contributed by atoms with E-state index in [1.165, 1.54) is 47.5 Å². The molecule has 1 aromatic carbocycles. The number of nitrogens with one attached hydrogen (secondary N) is 1. The van der Waals surface area contributed by atoms with Gasteiger partial charge in [-0.2, -0.15) is 0 Å². The molecular weight excluding hydrogens is 428 g/mol. The highest BCUT2D eigenvalue weighted by Crippen LogP contribution is 2.36. The summed E-state index contributed by atoms with van der Waals surface area (Å²) in [6.07, 6.45) is 5.60. The lowest BCUT2D eigenvalue weighted by atomic mass is 10.1. The van der Waals surface area contributed by atoms with Crippen LogP contribution in [0, 0.1) is 0 Å². The van der Waals surface area contributed by atoms with Gasteiger partial charge < -0.3 is 10.5 Å². The van der Waals surface area contributed by atoms with E-state index in [0.717, 1.165) is 45.8 Å². The van der Waals surface area contributed by atoms with Crippen molar-refractivity contribution < 1.29 is 9.53 Å². The molecular formula is C23H22N4O2S2. The molecule has 0 radical (unpaired) electrons. The van der Waals surface area contributed by atoms with E-state index in [4.69, 9.17) is 15.5 Å². The number of aryl methyl sites for hydroxylation is 2. The molecule has 8 heteroatoms. The van der Waals surface area contributed by atoms with E-state index >= 15 is 0 Å². The number of thiophene rings is 1. The molecule has 4 aromatic rings. The predicted molar refractivity (Wildman–Crippen MR) is 127 cm³/mol. The topological polar surface area (TPSA) is 90.1 Å². The summed E-state index contributed by atoms with van der Waals surface area (Å²) in [5.41, 5.74) is 11.0. The third-order valence-electron chi connectivity index (χ3n) is 5.55. The minimum atomic E-state index is -0.248. The van der Waals surface area contributed by atoms with Gasteiger partial charge in [0.2, 0.25) is 0 Å². The van der Waals surface area contributed by atoms with Crippen LogP contribution in [0.5, 0.6) is 5.75 Å². The monoisotopic (exact) mass is 450 g/mol. The molecule has 0 spiro atoms. The molecule has 6 nitrogen and oxygen atoms in total. The van der Waals surface area contributed by atoms with Gasteiger partial charge in [-0.25, -0.2) is 9.97 Å². The number of amides is 1. The van der Waals surface area contributed by atoms with E-state index in [2.05, 4.69) is 16.4 Å². The summed E-state index contributed by atoms with van der Waals surface area (Å²) in [4.78, 5) is 23.7. The molecule has 0 fully saturated rings. The van der Waals surface area contributed by atoms with Crippen LogP contribution in [0.2, 0.25) is 0 Å². The summed E-state index contributed by atoms with van der Waals surface area (Å²) in [7, 11) is 1.63. The van der Waals surface area contributed by atoms with Crippen LogP contribution in [0.4, 0.5) is 10.8 Å². The van der Waals surface area contributed by atoms with Crippen LogP contribution in [0.1, 0.15) is 40.2 Å². The molecule has 0 saturated heterocycles. The van der Waals surface area contributed by atoms with Gasteiger partial charge in [0.1, 0.15) is 15.5 Å². The van der Waals surface area contributed by atoms with E-state index < -0.39 is 0 Å². The number of pyridine rings is 1. The predicted octanol–water partition coefficient (Wildman–Crippen LogP) is 5.53. The van der Waals surface area contributed by atoms with Crippen molar-refractivity contribution in [3.8, 4) is 17.0 Å². The minimum absolute atomic E-state index is 0.248. The number of fused-ring (bicyclic) bond motifs is 2. The molecule has 1 amide bonds. The van der Waals surface area contributed by atoms with E-state index in [0.29, 0.717) is 15.7 Å². The Kier molecular flexibility index (Phi) is 5.33. The van der Waals surface area contributed by atoms with Crippen molar-refractivity contribution in [2.24, 2.45) is 0 Å². The lowest BCUT2D eigenvalue weighted by Gasteiger charge is -2.04. The first-order valence-corrected chi connectivity index (χ1v) is 11.9. The van der Waals surface area contributed by atoms with Gasteiger partial charge in [-0.05, 0) is 49.4 Å². The number of carbonyl (C=O) groups excluding carboxylic acids is 1. The van der Waals surface area contributed by atoms with Crippen LogP contribution in [0.25, 0.3) is 21.5 Å². The molecule has 3 aromatic heterocycles. The molecule has 0 bridgehead atoms. The fourth-order valence-electron chi connectivity index (χ4n) is 3.90. The maximum atomic E-state index is 13.0. The van der Waals surface area contributed by atoms with Gasteiger partial charge in [-0.3, -0.25) is 10.1 Å². The maximum absolute atomic E-state index is 13.0. The molecule has 1 aliphatic rings. The summed E-state index contributed by atoms with van der Waals surface area (Å²) in [5.74, 6) is 0.516. The SMILES string of the molecule is COc1cccc(-c2csc(NC(=O)c3sc4nc5c(cc4c3N)CCCCC5)n2)c1. The molecule has 0 atom stereocenters. The highest BCUT2D eigenvalue weighted by Gasteiger charge is 2.21. The average molecular weight is 451 g/mol. The number of aromatic nitrogens is 2. The lowest BCUT2D eigenvalue weighted by Crippen LogP contribution is -2.11. The lowest BCUT2D eigenvalue weighted by molar-refractivity contribution is 0.103. The van der Waals surface area contributed by atoms with E-state index in [1.54, 1.807) is 7.11 Å². The van der Waals surface area contributed by atoms with Gasteiger partial charge in [-0.15, -0.1) is 22.7 Å². The fourth-order valence-corrected chi connectivity index (χ4v) is 5.61. The van der Waals surface area contributed by atoms with Crippen LogP contribution >= 0.6 is 22.7 Å². The summed E-state index contributed by atoms with van der Waals surface area (Å²) in [6.45, 7) is 0. The van der Waals surface area contributed by atoms with Gasteiger partial charge in [-0.1, -0.05) is 18.6 Å². The second kappa shape index (κ2) is 8.28. The molecule has 3 heterocycles. The Morgan fingerprint density at radius 1 is 1.16 bits per heavy atom. The average Bonchev–Trinajstić information content (AvgIpc) is 3.29. The number of thiazole rings is 1. The third-order valence-corrected chi connectivity index (χ3v) is 7.42. The van der Waals surface area contributed by atoms with Crippen molar-refractivity contribution in [2.45, 2.75) is 32.1 Å². The second-order valence-electron chi connectivity index (χ2n) is 7.58. The van der Waals surface area contributed by atoms with Crippen molar-refractivity contribution in [1.82, 2.24) is 9.97 Å². The third kappa shape index (κ3) is 3.88. The van der Waals surface area contributed by atoms with E-state index in [-0.39, 0.29) is 5.91 Å². The summed E-state index contributed by atoms with van der Waals surface area (Å²) in [6, 6.07) is 9.81. The van der Waals surface area contributed by atoms with E-state index in [9.17, 15) is 4.79 Å². The highest BCUT2D eigenvalue weighted by molar-refractivity contribution is 7.21. The van der Waals surface area contributed by atoms with Crippen LogP contribution < -0.4 is 15.8 Å². The summed E-state index contributed by atoms with van der Waals surface area (Å²) < 4.78 is 5.28. The first kappa shape index (κ1) is 20.0. The number of ether oxygens (including phenoxy) is 1. The Balaban J connectivity index is 1.40. The van der Waals surface area contributed by atoms with Crippen LogP contribution in [0.3, 0.4) is 0 Å². The molecule has 0 unspecified atom stereocenters. The Bertz CT molecular complexity index is 1280. The van der Waals surface area contributed by atoms with Gasteiger partial charge in [0.25, 0.3) is 5.91 Å². The molecule has 5 rings (SSSR count). The molecule has 0 aliphatic heterocycles. The second-order valence-corrected chi connectivity index (χ2v) is 9.43. The molecule has 31 heavy (non-hydrogen) atoms. The number of rotatable bonds is 4. The Labute approximate surface area is 188 Å². The standard InChI is InChI=1S/C23H22N4O2S2/c1-29-15-8-5-7-13(10-15)18-12-30-23(26-18)27-21(28)20-19(24)16-11-14-6-3-2-4-9-17(14)25-22(16)31-20/h5,7-8,10-12H,2-4,6,9,24H2,1H3,(H,26,27,28). The Hall–Kier alpha value is -2.97. The quantitative estimate of drug-likeness (QED) is 0.399. The normalized spacial score (nSPS) is 13.6. The van der Waals surface area contributed by atoms with Crippen molar-refractivity contribution in [2.75, 3.05) is 18.2 Å². The number of carbonyl (C=O) groups is 1. The molecule has 0 saturated carbocycles. The zero-order valence-corrected chi connectivity index (χ0v) is 18.7. The van der Waals surface area contributed by atoms with Gasteiger partial charge in [0.05, 0.1) is 18.5 Å². The zero-order valence-electron chi connectivity index (χ0n) is 17.1. The zero-order chi connectivity index (χ0) is 21.4. The van der Waals surface area contributed by atoms with Gasteiger partial charge in [0.15, 0.2) is 5.13 Å². The number of nitrogen functional groups attached to an aromatic ring is 1. The first-order chi connectivity index (χ1) is 15.1. The fraction of sp³-hybridized carbons (Fsp3) is 0.261. The summed E-state index contributed by atoms with van der Waals surface area (Å²) in [5, 5.41) is 6.22. The number of anilines is 2. The number of benzene rings is 1. The van der Waals surface area contributed by atoms with Crippen LogP contribution in [0.15, 0.2) is 35.7 Å². The van der Waals surface area contributed by atoms with Crippen LogP contribution in [-0.4, -0.2) is 23.0 Å². The smallest absolute Gasteiger partial charge is 0.269 e. The largest absolute Gasteiger partial charge is 0.497 e. The van der Waals surface area contributed by atoms with Crippen molar-refractivity contribution in [3.05, 3.63) is 51.8 Å². The molecule has 158 valence electrons. The highest BCUT2D eigenvalue weighted by atomic mass is 32.1. The van der Waals surface area contributed by atoms with Crippen molar-refractivity contribution >= 4 is 49.6 Å². The molecule has 3 N–H and O–H groups in total. The number of nitrogens with zero attached hydrogens (tertiary/aromatic N) is 2. The minimum Gasteiger partial charge on any atom is -0.497 e. The van der Waals surface area contributed by atoms with Crippen LogP contribution in [-0.2, 0) is 12.8 Å². The number of hydrogen-bond donors (Lipinski definition) is 2.